The smallest absolute Gasteiger partial charge is 0.313 e. The molecular formula is C21H17N3O4S3. The van der Waals surface area contributed by atoms with Gasteiger partial charge in [-0.1, -0.05) is 53.4 Å². The molecule has 0 aliphatic carbocycles. The fourth-order valence-corrected chi connectivity index (χ4v) is 5.11. The number of carboxylic acids is 1. The number of carbonyl (C=O) groups is 1. The van der Waals surface area contributed by atoms with Crippen molar-refractivity contribution >= 4 is 51.6 Å². The van der Waals surface area contributed by atoms with Crippen molar-refractivity contribution < 1.29 is 14.6 Å². The maximum atomic E-state index is 13.5. The van der Waals surface area contributed by atoms with Crippen LogP contribution in [-0.4, -0.2) is 37.6 Å². The summed E-state index contributed by atoms with van der Waals surface area (Å²) in [5, 5.41) is 9.46. The quantitative estimate of drug-likeness (QED) is 0.240. The zero-order chi connectivity index (χ0) is 22.0. The molecule has 0 fully saturated rings. The maximum Gasteiger partial charge on any atom is 0.313 e. The number of fused-ring (bicyclic) bond motifs is 1. The van der Waals surface area contributed by atoms with Crippen LogP contribution < -0.4 is 10.3 Å². The molecule has 0 saturated carbocycles. The van der Waals surface area contributed by atoms with E-state index in [1.54, 1.807) is 16.7 Å². The van der Waals surface area contributed by atoms with Gasteiger partial charge in [-0.3, -0.25) is 18.7 Å². The highest BCUT2D eigenvalue weighted by Gasteiger charge is 2.20. The molecule has 4 aromatic rings. The van der Waals surface area contributed by atoms with Crippen LogP contribution in [0.2, 0.25) is 0 Å². The molecule has 2 aromatic heterocycles. The van der Waals surface area contributed by atoms with Crippen molar-refractivity contribution in [1.29, 1.82) is 0 Å². The summed E-state index contributed by atoms with van der Waals surface area (Å²) in [6, 6.07) is 16.4. The van der Waals surface area contributed by atoms with Gasteiger partial charge in [0.15, 0.2) is 14.8 Å². The lowest BCUT2D eigenvalue weighted by molar-refractivity contribution is -0.133. The largest absolute Gasteiger partial charge is 0.492 e. The predicted octanol–water partition coefficient (Wildman–Crippen LogP) is 4.54. The van der Waals surface area contributed by atoms with Crippen LogP contribution in [-0.2, 0) is 4.79 Å². The van der Waals surface area contributed by atoms with E-state index in [1.165, 1.54) is 15.9 Å². The highest BCUT2D eigenvalue weighted by Crippen LogP contribution is 2.31. The first-order valence-electron chi connectivity index (χ1n) is 9.32. The molecule has 0 spiro atoms. The Bertz CT molecular complexity index is 1380. The predicted molar refractivity (Wildman–Crippen MR) is 125 cm³/mol. The number of thiazole rings is 1. The molecule has 0 atom stereocenters. The standard InChI is InChI=1S/C21H17N3O4S3/c1-2-28-15-11-7-6-10-14(15)24-18-17(31-21(24)29)19(27)23(13-8-4-3-5-9-13)20(22-18)30-12-16(25)26/h3-11H,2,12H2,1H3,(H,25,26). The van der Waals surface area contributed by atoms with E-state index in [0.717, 1.165) is 11.8 Å². The molecular weight excluding hydrogens is 454 g/mol. The van der Waals surface area contributed by atoms with Crippen molar-refractivity contribution in [3.8, 4) is 17.1 Å². The molecule has 0 amide bonds. The number of aromatic nitrogens is 3. The third-order valence-corrected chi connectivity index (χ3v) is 6.60. The number of hydrogen-bond acceptors (Lipinski definition) is 7. The molecule has 4 rings (SSSR count). The van der Waals surface area contributed by atoms with Gasteiger partial charge in [-0.15, -0.1) is 0 Å². The van der Waals surface area contributed by atoms with Gasteiger partial charge >= 0.3 is 5.97 Å². The number of aliphatic carboxylic acids is 1. The summed E-state index contributed by atoms with van der Waals surface area (Å²) in [6.07, 6.45) is 0. The molecule has 1 N–H and O–H groups in total. The summed E-state index contributed by atoms with van der Waals surface area (Å²) in [7, 11) is 0. The zero-order valence-corrected chi connectivity index (χ0v) is 18.8. The van der Waals surface area contributed by atoms with E-state index in [4.69, 9.17) is 21.9 Å². The van der Waals surface area contributed by atoms with Crippen molar-refractivity contribution in [3.05, 3.63) is 68.9 Å². The van der Waals surface area contributed by atoms with E-state index < -0.39 is 5.97 Å². The lowest BCUT2D eigenvalue weighted by Gasteiger charge is -2.14. The average Bonchev–Trinajstić information content (AvgIpc) is 3.09. The molecule has 7 nitrogen and oxygen atoms in total. The molecule has 0 aliphatic heterocycles. The molecule has 158 valence electrons. The Balaban J connectivity index is 2.03. The van der Waals surface area contributed by atoms with Gasteiger partial charge in [0.25, 0.3) is 5.56 Å². The molecule has 0 aliphatic rings. The second-order valence-corrected chi connectivity index (χ2v) is 8.90. The van der Waals surface area contributed by atoms with E-state index in [2.05, 4.69) is 0 Å². The average molecular weight is 472 g/mol. The highest BCUT2D eigenvalue weighted by molar-refractivity contribution is 7.99. The lowest BCUT2D eigenvalue weighted by Crippen LogP contribution is -2.22. The van der Waals surface area contributed by atoms with Gasteiger partial charge in [0, 0.05) is 0 Å². The number of nitrogens with zero attached hydrogens (tertiary/aromatic N) is 3. The van der Waals surface area contributed by atoms with E-state index in [9.17, 15) is 14.7 Å². The molecule has 0 bridgehead atoms. The minimum Gasteiger partial charge on any atom is -0.492 e. The topological polar surface area (TPSA) is 86.3 Å². The number of hydrogen-bond donors (Lipinski definition) is 1. The number of rotatable bonds is 7. The van der Waals surface area contributed by atoms with E-state index >= 15 is 0 Å². The Morgan fingerprint density at radius 1 is 1.16 bits per heavy atom. The van der Waals surface area contributed by atoms with Crippen LogP contribution in [0.4, 0.5) is 0 Å². The summed E-state index contributed by atoms with van der Waals surface area (Å²) in [6.45, 7) is 2.36. The number of benzene rings is 2. The summed E-state index contributed by atoms with van der Waals surface area (Å²) < 4.78 is 9.72. The van der Waals surface area contributed by atoms with E-state index in [0.29, 0.717) is 38.0 Å². The minimum atomic E-state index is -0.997. The van der Waals surface area contributed by atoms with Crippen molar-refractivity contribution in [2.45, 2.75) is 12.1 Å². The highest BCUT2D eigenvalue weighted by atomic mass is 32.2. The van der Waals surface area contributed by atoms with Crippen molar-refractivity contribution in [3.63, 3.8) is 0 Å². The third-order valence-electron chi connectivity index (χ3n) is 4.32. The second kappa shape index (κ2) is 9.04. The lowest BCUT2D eigenvalue weighted by atomic mass is 10.3. The SMILES string of the molecule is CCOc1ccccc1-n1c(=S)sc2c(=O)n(-c3ccccc3)c(SCC(=O)O)nc21. The number of carboxylic acid groups (broad SMARTS) is 1. The molecule has 10 heteroatoms. The summed E-state index contributed by atoms with van der Waals surface area (Å²) in [5.41, 5.74) is 1.37. The van der Waals surface area contributed by atoms with Crippen molar-refractivity contribution in [2.24, 2.45) is 0 Å². The Kier molecular flexibility index (Phi) is 6.21. The fourth-order valence-electron chi connectivity index (χ4n) is 3.10. The molecule has 31 heavy (non-hydrogen) atoms. The number of thioether (sulfide) groups is 1. The number of para-hydroxylation sites is 3. The summed E-state index contributed by atoms with van der Waals surface area (Å²) in [5.74, 6) is -0.608. The Labute approximate surface area is 190 Å². The van der Waals surface area contributed by atoms with Gasteiger partial charge in [0.05, 0.1) is 23.7 Å². The van der Waals surface area contributed by atoms with E-state index in [-0.39, 0.29) is 16.5 Å². The first kappa shape index (κ1) is 21.3. The maximum absolute atomic E-state index is 13.5. The first-order valence-corrected chi connectivity index (χ1v) is 11.5. The van der Waals surface area contributed by atoms with Gasteiger partial charge in [-0.25, -0.2) is 4.98 Å². The van der Waals surface area contributed by atoms with Crippen molar-refractivity contribution in [2.75, 3.05) is 12.4 Å². The fraction of sp³-hybridized carbons (Fsp3) is 0.143. The molecule has 0 radical (unpaired) electrons. The van der Waals surface area contributed by atoms with Gasteiger partial charge in [0.2, 0.25) is 0 Å². The van der Waals surface area contributed by atoms with Gasteiger partial charge in [0.1, 0.15) is 10.4 Å². The van der Waals surface area contributed by atoms with Crippen LogP contribution in [0.15, 0.2) is 64.5 Å². The minimum absolute atomic E-state index is 0.231. The van der Waals surface area contributed by atoms with Crippen LogP contribution in [0.1, 0.15) is 6.92 Å². The Morgan fingerprint density at radius 3 is 2.58 bits per heavy atom. The zero-order valence-electron chi connectivity index (χ0n) is 16.3. The monoisotopic (exact) mass is 471 g/mol. The molecule has 0 saturated heterocycles. The Hall–Kier alpha value is -2.95. The van der Waals surface area contributed by atoms with Crippen LogP contribution in [0.3, 0.4) is 0 Å². The summed E-state index contributed by atoms with van der Waals surface area (Å²) in [4.78, 5) is 29.4. The van der Waals surface area contributed by atoms with Gasteiger partial charge in [-0.05, 0) is 43.4 Å². The van der Waals surface area contributed by atoms with E-state index in [1.807, 2.05) is 49.4 Å². The number of ether oxygens (including phenoxy) is 1. The molecule has 2 aromatic carbocycles. The molecule has 2 heterocycles. The first-order chi connectivity index (χ1) is 15.0. The van der Waals surface area contributed by atoms with Crippen LogP contribution in [0.5, 0.6) is 5.75 Å². The third kappa shape index (κ3) is 4.14. The van der Waals surface area contributed by atoms with Gasteiger partial charge in [-0.2, -0.15) is 0 Å². The van der Waals surface area contributed by atoms with Gasteiger partial charge < -0.3 is 9.84 Å². The van der Waals surface area contributed by atoms with Crippen LogP contribution in [0.25, 0.3) is 21.7 Å². The van der Waals surface area contributed by atoms with Crippen LogP contribution in [0, 0.1) is 3.95 Å². The normalized spacial score (nSPS) is 11.0. The summed E-state index contributed by atoms with van der Waals surface area (Å²) >= 11 is 7.74. The second-order valence-electron chi connectivity index (χ2n) is 6.31. The molecule has 0 unspecified atom stereocenters. The van der Waals surface area contributed by atoms with Crippen LogP contribution >= 0.6 is 35.3 Å². The van der Waals surface area contributed by atoms with Crippen molar-refractivity contribution in [1.82, 2.24) is 14.1 Å². The Morgan fingerprint density at radius 2 is 1.87 bits per heavy atom.